The highest BCUT2D eigenvalue weighted by Gasteiger charge is 2.27. The van der Waals surface area contributed by atoms with Crippen molar-refractivity contribution in [1.29, 1.82) is 0 Å². The van der Waals surface area contributed by atoms with Crippen LogP contribution in [0.3, 0.4) is 0 Å². The first-order valence-corrected chi connectivity index (χ1v) is 12.9. The minimum atomic E-state index is -0.0714. The fourth-order valence-electron chi connectivity index (χ4n) is 4.83. The second kappa shape index (κ2) is 11.2. The number of rotatable bonds is 8. The van der Waals surface area contributed by atoms with Crippen molar-refractivity contribution in [2.75, 3.05) is 19.6 Å². The second-order valence-electron chi connectivity index (χ2n) is 9.55. The molecule has 1 atom stereocenters. The van der Waals surface area contributed by atoms with Gasteiger partial charge in [0.1, 0.15) is 0 Å². The molecule has 1 unspecified atom stereocenters. The van der Waals surface area contributed by atoms with Crippen LogP contribution in [0.4, 0.5) is 0 Å². The van der Waals surface area contributed by atoms with E-state index in [1.807, 2.05) is 41.3 Å². The van der Waals surface area contributed by atoms with Gasteiger partial charge in [-0.3, -0.25) is 14.5 Å². The van der Waals surface area contributed by atoms with Crippen LogP contribution < -0.4 is 5.32 Å². The van der Waals surface area contributed by atoms with Crippen LogP contribution in [0.15, 0.2) is 53.1 Å². The van der Waals surface area contributed by atoms with E-state index in [0.717, 1.165) is 49.0 Å². The zero-order valence-electron chi connectivity index (χ0n) is 20.2. The van der Waals surface area contributed by atoms with Crippen LogP contribution in [0.25, 0.3) is 11.4 Å². The Balaban J connectivity index is 1.09. The molecule has 2 amide bonds. The van der Waals surface area contributed by atoms with Crippen LogP contribution >= 0.6 is 11.6 Å². The first-order valence-electron chi connectivity index (χ1n) is 12.5. The van der Waals surface area contributed by atoms with Crippen LogP contribution in [-0.4, -0.2) is 51.4 Å². The van der Waals surface area contributed by atoms with Gasteiger partial charge in [-0.15, -0.1) is 0 Å². The summed E-state index contributed by atoms with van der Waals surface area (Å²) in [4.78, 5) is 33.3. The van der Waals surface area contributed by atoms with Crippen LogP contribution in [-0.2, 0) is 29.2 Å². The summed E-state index contributed by atoms with van der Waals surface area (Å²) in [7, 11) is 0. The number of piperidine rings is 1. The number of amides is 2. The largest absolute Gasteiger partial charge is 0.352 e. The third-order valence-corrected chi connectivity index (χ3v) is 7.09. The van der Waals surface area contributed by atoms with Gasteiger partial charge in [-0.25, -0.2) is 0 Å². The van der Waals surface area contributed by atoms with E-state index in [2.05, 4.69) is 20.4 Å². The van der Waals surface area contributed by atoms with Gasteiger partial charge in [0.25, 0.3) is 0 Å². The summed E-state index contributed by atoms with van der Waals surface area (Å²) in [5.74, 6) is 1.30. The Hall–Kier alpha value is -3.23. The van der Waals surface area contributed by atoms with Gasteiger partial charge in [0.2, 0.25) is 23.5 Å². The summed E-state index contributed by atoms with van der Waals surface area (Å²) in [6, 6.07) is 15.4. The van der Waals surface area contributed by atoms with Crippen molar-refractivity contribution in [2.24, 2.45) is 5.92 Å². The van der Waals surface area contributed by atoms with Gasteiger partial charge in [0, 0.05) is 43.2 Å². The van der Waals surface area contributed by atoms with Crippen LogP contribution in [0.2, 0.25) is 5.02 Å². The van der Waals surface area contributed by atoms with Crippen LogP contribution in [0.5, 0.6) is 0 Å². The predicted molar refractivity (Wildman–Crippen MR) is 136 cm³/mol. The van der Waals surface area contributed by atoms with Crippen molar-refractivity contribution >= 4 is 23.4 Å². The number of likely N-dealkylation sites (tertiary alicyclic amines) is 2. The molecule has 3 aromatic rings. The molecule has 5 rings (SSSR count). The quantitative estimate of drug-likeness (QED) is 0.494. The van der Waals surface area contributed by atoms with Crippen molar-refractivity contribution < 1.29 is 14.1 Å². The zero-order chi connectivity index (χ0) is 24.9. The molecule has 1 aromatic heterocycles. The number of nitrogens with one attached hydrogen (secondary N) is 1. The lowest BCUT2D eigenvalue weighted by Gasteiger charge is -2.30. The van der Waals surface area contributed by atoms with Gasteiger partial charge in [-0.1, -0.05) is 41.0 Å². The van der Waals surface area contributed by atoms with Gasteiger partial charge in [-0.05, 0) is 61.2 Å². The summed E-state index contributed by atoms with van der Waals surface area (Å²) in [5, 5.41) is 7.83. The molecule has 0 bridgehead atoms. The highest BCUT2D eigenvalue weighted by atomic mass is 35.5. The predicted octanol–water partition coefficient (Wildman–Crippen LogP) is 4.04. The van der Waals surface area contributed by atoms with Crippen LogP contribution in [0, 0.1) is 5.92 Å². The molecule has 9 heteroatoms. The normalized spacial score (nSPS) is 18.5. The zero-order valence-corrected chi connectivity index (χ0v) is 20.9. The highest BCUT2D eigenvalue weighted by Crippen LogP contribution is 2.22. The third kappa shape index (κ3) is 6.12. The van der Waals surface area contributed by atoms with Crippen molar-refractivity contribution in [3.8, 4) is 11.4 Å². The topological polar surface area (TPSA) is 91.6 Å². The lowest BCUT2D eigenvalue weighted by Crippen LogP contribution is -2.42. The van der Waals surface area contributed by atoms with Gasteiger partial charge in [0.05, 0.1) is 12.5 Å². The van der Waals surface area contributed by atoms with Gasteiger partial charge in [-0.2, -0.15) is 4.98 Å². The molecule has 36 heavy (non-hydrogen) atoms. The molecule has 188 valence electrons. The van der Waals surface area contributed by atoms with E-state index in [1.165, 1.54) is 0 Å². The maximum atomic E-state index is 12.9. The number of carbonyl (C=O) groups is 2. The molecular weight excluding hydrogens is 478 g/mol. The van der Waals surface area contributed by atoms with E-state index in [4.69, 9.17) is 16.1 Å². The second-order valence-corrected chi connectivity index (χ2v) is 9.98. The Morgan fingerprint density at radius 3 is 2.56 bits per heavy atom. The summed E-state index contributed by atoms with van der Waals surface area (Å²) >= 11 is 5.95. The number of hydrogen-bond acceptors (Lipinski definition) is 6. The van der Waals surface area contributed by atoms with E-state index in [9.17, 15) is 9.59 Å². The summed E-state index contributed by atoms with van der Waals surface area (Å²) in [5.41, 5.74) is 3.01. The van der Waals surface area contributed by atoms with Crippen molar-refractivity contribution in [3.05, 3.63) is 70.6 Å². The average Bonchev–Trinajstić information content (AvgIpc) is 3.53. The fraction of sp³-hybridized carbons (Fsp3) is 0.407. The molecular formula is C27H30ClN5O3. The standard InChI is InChI=1S/C27H30ClN5O3/c28-23-11-9-21(10-12-23)26-30-24(36-31-26)18-32-13-1-3-22(17-32)27(35)29-15-19-5-7-20(8-6-19)16-33-14-2-4-25(33)34/h5-12,22H,1-4,13-18H2,(H,29,35). The van der Waals surface area contributed by atoms with E-state index in [-0.39, 0.29) is 17.7 Å². The summed E-state index contributed by atoms with van der Waals surface area (Å²) in [6.45, 7) is 4.06. The first kappa shape index (κ1) is 24.5. The Morgan fingerprint density at radius 1 is 1.03 bits per heavy atom. The SMILES string of the molecule is O=C(NCc1ccc(CN2CCCC2=O)cc1)C1CCCN(Cc2nc(-c3ccc(Cl)cc3)no2)C1. The summed E-state index contributed by atoms with van der Waals surface area (Å²) in [6.07, 6.45) is 3.41. The number of benzene rings is 2. The van der Waals surface area contributed by atoms with E-state index in [1.54, 1.807) is 12.1 Å². The number of halogens is 1. The van der Waals surface area contributed by atoms with E-state index >= 15 is 0 Å². The fourth-order valence-corrected chi connectivity index (χ4v) is 4.95. The van der Waals surface area contributed by atoms with E-state index < -0.39 is 0 Å². The molecule has 2 fully saturated rings. The molecule has 2 aliphatic heterocycles. The Kier molecular flexibility index (Phi) is 7.63. The molecule has 2 saturated heterocycles. The maximum absolute atomic E-state index is 12.9. The Labute approximate surface area is 215 Å². The molecule has 2 aliphatic rings. The maximum Gasteiger partial charge on any atom is 0.241 e. The molecule has 1 N–H and O–H groups in total. The Bertz CT molecular complexity index is 1190. The smallest absolute Gasteiger partial charge is 0.241 e. The van der Waals surface area contributed by atoms with Gasteiger partial charge in [0.15, 0.2) is 0 Å². The molecule has 8 nitrogen and oxygen atoms in total. The van der Waals surface area contributed by atoms with Gasteiger partial charge >= 0.3 is 0 Å². The van der Waals surface area contributed by atoms with Crippen LogP contribution in [0.1, 0.15) is 42.7 Å². The van der Waals surface area contributed by atoms with Crippen molar-refractivity contribution in [2.45, 2.75) is 45.3 Å². The van der Waals surface area contributed by atoms with Crippen molar-refractivity contribution in [1.82, 2.24) is 25.3 Å². The summed E-state index contributed by atoms with van der Waals surface area (Å²) < 4.78 is 5.45. The minimum Gasteiger partial charge on any atom is -0.352 e. The molecule has 0 spiro atoms. The molecule has 0 radical (unpaired) electrons. The number of carbonyl (C=O) groups excluding carboxylic acids is 2. The average molecular weight is 508 g/mol. The van der Waals surface area contributed by atoms with Crippen molar-refractivity contribution in [3.63, 3.8) is 0 Å². The highest BCUT2D eigenvalue weighted by molar-refractivity contribution is 6.30. The molecule has 2 aromatic carbocycles. The third-order valence-electron chi connectivity index (χ3n) is 6.84. The monoisotopic (exact) mass is 507 g/mol. The number of hydrogen-bond donors (Lipinski definition) is 1. The minimum absolute atomic E-state index is 0.0684. The van der Waals surface area contributed by atoms with E-state index in [0.29, 0.717) is 49.3 Å². The molecule has 3 heterocycles. The van der Waals surface area contributed by atoms with Gasteiger partial charge < -0.3 is 14.7 Å². The molecule has 0 saturated carbocycles. The lowest BCUT2D eigenvalue weighted by atomic mass is 9.97. The first-order chi connectivity index (χ1) is 17.5. The lowest BCUT2D eigenvalue weighted by molar-refractivity contribution is -0.128. The number of aromatic nitrogens is 2. The number of nitrogens with zero attached hydrogens (tertiary/aromatic N) is 4. The molecule has 0 aliphatic carbocycles. The Morgan fingerprint density at radius 2 is 1.81 bits per heavy atom.